The molecule has 4 aromatic heterocycles. The van der Waals surface area contributed by atoms with Crippen LogP contribution in [0.15, 0.2) is 83.1 Å². The molecule has 0 bridgehead atoms. The second-order valence-corrected chi connectivity index (χ2v) is 13.0. The molecule has 5 aromatic rings. The van der Waals surface area contributed by atoms with Gasteiger partial charge in [-0.2, -0.15) is 0 Å². The van der Waals surface area contributed by atoms with E-state index in [1.165, 1.54) is 30.5 Å². The van der Waals surface area contributed by atoms with Crippen LogP contribution in [0.2, 0.25) is 0 Å². The smallest absolute Gasteiger partial charge is 0.260 e. The first-order valence-electron chi connectivity index (χ1n) is 13.4. The minimum Gasteiger partial charge on any atom is -0.309 e. The summed E-state index contributed by atoms with van der Waals surface area (Å²) in [5, 5.41) is 6.44. The third-order valence-electron chi connectivity index (χ3n) is 7.90. The van der Waals surface area contributed by atoms with Gasteiger partial charge in [0.25, 0.3) is 5.56 Å². The van der Waals surface area contributed by atoms with Crippen LogP contribution in [0, 0.1) is 5.41 Å². The van der Waals surface area contributed by atoms with Gasteiger partial charge >= 0.3 is 0 Å². The standard InChI is InChI=1S/C30H32N6O3S/c1-30(2)10-13-34(14-11-30)17-21-3-8-28-33-23(20-36(28)18-21)19-35-12-9-25-26(15-32-16-27(25)29(35)37)22-4-6-24(7-5-22)40(31,38)39/h3-9,12,15-16,18,20H,10-11,13-14,17,19H2,1-2H3,(H2,31,38,39). The zero-order valence-electron chi connectivity index (χ0n) is 22.6. The molecule has 0 atom stereocenters. The molecule has 0 spiro atoms. The molecule has 10 heteroatoms. The Kier molecular flexibility index (Phi) is 6.56. The maximum absolute atomic E-state index is 13.4. The second-order valence-electron chi connectivity index (χ2n) is 11.4. The van der Waals surface area contributed by atoms with Gasteiger partial charge in [-0.15, -0.1) is 0 Å². The summed E-state index contributed by atoms with van der Waals surface area (Å²) >= 11 is 0. The van der Waals surface area contributed by atoms with Crippen molar-refractivity contribution in [3.8, 4) is 11.1 Å². The molecule has 0 unspecified atom stereocenters. The average Bonchev–Trinajstić information content (AvgIpc) is 3.32. The first-order chi connectivity index (χ1) is 19.1. The van der Waals surface area contributed by atoms with Gasteiger partial charge < -0.3 is 8.97 Å². The molecule has 1 aliphatic rings. The number of hydrogen-bond acceptors (Lipinski definition) is 6. The zero-order valence-corrected chi connectivity index (χ0v) is 23.4. The van der Waals surface area contributed by atoms with Gasteiger partial charge in [0.05, 0.1) is 22.5 Å². The Bertz CT molecular complexity index is 1880. The van der Waals surface area contributed by atoms with Crippen LogP contribution < -0.4 is 10.7 Å². The molecular formula is C30H32N6O3S. The molecule has 0 radical (unpaired) electrons. The first kappa shape index (κ1) is 26.4. The molecular weight excluding hydrogens is 524 g/mol. The number of fused-ring (bicyclic) bond motifs is 2. The van der Waals surface area contributed by atoms with Crippen LogP contribution in [0.5, 0.6) is 0 Å². The summed E-state index contributed by atoms with van der Waals surface area (Å²) in [6, 6.07) is 12.3. The van der Waals surface area contributed by atoms with Crippen LogP contribution in [-0.4, -0.2) is 45.3 Å². The Balaban J connectivity index is 1.24. The zero-order chi connectivity index (χ0) is 28.1. The molecule has 0 aliphatic carbocycles. The summed E-state index contributed by atoms with van der Waals surface area (Å²) in [5.41, 5.74) is 4.63. The Morgan fingerprint density at radius 2 is 1.68 bits per heavy atom. The number of likely N-dealkylation sites (tertiary alicyclic amines) is 1. The minimum absolute atomic E-state index is 0.0296. The highest BCUT2D eigenvalue weighted by Crippen LogP contribution is 2.30. The fourth-order valence-corrected chi connectivity index (χ4v) is 5.91. The predicted molar refractivity (Wildman–Crippen MR) is 155 cm³/mol. The van der Waals surface area contributed by atoms with Gasteiger partial charge in [-0.25, -0.2) is 18.5 Å². The summed E-state index contributed by atoms with van der Waals surface area (Å²) in [6.45, 7) is 8.17. The Hall–Kier alpha value is -3.86. The van der Waals surface area contributed by atoms with Gasteiger partial charge in [0, 0.05) is 43.1 Å². The molecule has 9 nitrogen and oxygen atoms in total. The number of pyridine rings is 3. The first-order valence-corrected chi connectivity index (χ1v) is 14.9. The van der Waals surface area contributed by atoms with Crippen molar-refractivity contribution in [2.75, 3.05) is 13.1 Å². The maximum atomic E-state index is 13.4. The van der Waals surface area contributed by atoms with Crippen molar-refractivity contribution in [2.45, 2.75) is 44.7 Å². The fourth-order valence-electron chi connectivity index (χ4n) is 5.40. The van der Waals surface area contributed by atoms with E-state index in [4.69, 9.17) is 10.1 Å². The topological polar surface area (TPSA) is 116 Å². The van der Waals surface area contributed by atoms with Crippen molar-refractivity contribution in [3.05, 3.63) is 95.1 Å². The lowest BCUT2D eigenvalue weighted by molar-refractivity contribution is 0.127. The van der Waals surface area contributed by atoms with Gasteiger partial charge in [0.1, 0.15) is 5.65 Å². The Morgan fingerprint density at radius 1 is 0.925 bits per heavy atom. The van der Waals surface area contributed by atoms with E-state index >= 15 is 0 Å². The number of benzene rings is 1. The number of sulfonamides is 1. The molecule has 0 saturated carbocycles. The maximum Gasteiger partial charge on any atom is 0.260 e. The third-order valence-corrected chi connectivity index (χ3v) is 8.83. The molecule has 1 aliphatic heterocycles. The lowest BCUT2D eigenvalue weighted by atomic mass is 9.82. The lowest BCUT2D eigenvalue weighted by Crippen LogP contribution is -2.36. The van der Waals surface area contributed by atoms with E-state index in [0.29, 0.717) is 17.3 Å². The Morgan fingerprint density at radius 3 is 2.40 bits per heavy atom. The van der Waals surface area contributed by atoms with Crippen molar-refractivity contribution in [1.82, 2.24) is 23.8 Å². The number of hydrogen-bond donors (Lipinski definition) is 1. The minimum atomic E-state index is -3.79. The number of nitrogens with two attached hydrogens (primary N) is 1. The molecule has 1 saturated heterocycles. The highest BCUT2D eigenvalue weighted by atomic mass is 32.2. The second kappa shape index (κ2) is 9.96. The summed E-state index contributed by atoms with van der Waals surface area (Å²) in [7, 11) is -3.79. The van der Waals surface area contributed by atoms with E-state index in [1.807, 2.05) is 22.7 Å². The normalized spacial score (nSPS) is 16.1. The number of imidazole rings is 1. The summed E-state index contributed by atoms with van der Waals surface area (Å²) in [4.78, 5) is 25.0. The third kappa shape index (κ3) is 5.30. The molecule has 0 amide bonds. The van der Waals surface area contributed by atoms with Crippen LogP contribution in [0.1, 0.15) is 37.9 Å². The largest absolute Gasteiger partial charge is 0.309 e. The fraction of sp³-hybridized carbons (Fsp3) is 0.300. The van der Waals surface area contributed by atoms with Gasteiger partial charge in [-0.05, 0) is 72.1 Å². The number of rotatable bonds is 6. The van der Waals surface area contributed by atoms with Gasteiger partial charge in [-0.3, -0.25) is 14.7 Å². The molecule has 6 rings (SSSR count). The van der Waals surface area contributed by atoms with Gasteiger partial charge in [-0.1, -0.05) is 32.0 Å². The van der Waals surface area contributed by atoms with Crippen LogP contribution in [0.4, 0.5) is 0 Å². The SMILES string of the molecule is CC1(C)CCN(Cc2ccc3nc(Cn4ccc5c(-c6ccc(S(N)(=O)=O)cc6)cncc5c4=O)cn3c2)CC1. The van der Waals surface area contributed by atoms with Crippen molar-refractivity contribution >= 4 is 26.4 Å². The van der Waals surface area contributed by atoms with Gasteiger partial charge in [0.15, 0.2) is 0 Å². The summed E-state index contributed by atoms with van der Waals surface area (Å²) in [5.74, 6) is 0. The van der Waals surface area contributed by atoms with Crippen LogP contribution in [-0.2, 0) is 23.1 Å². The number of piperidine rings is 1. The Labute approximate surface area is 233 Å². The molecule has 2 N–H and O–H groups in total. The number of nitrogens with zero attached hydrogens (tertiary/aromatic N) is 5. The predicted octanol–water partition coefficient (Wildman–Crippen LogP) is 4.03. The van der Waals surface area contributed by atoms with Crippen molar-refractivity contribution in [3.63, 3.8) is 0 Å². The van der Waals surface area contributed by atoms with E-state index in [-0.39, 0.29) is 10.5 Å². The van der Waals surface area contributed by atoms with Gasteiger partial charge in [0.2, 0.25) is 10.0 Å². The van der Waals surface area contributed by atoms with E-state index in [1.54, 1.807) is 35.3 Å². The number of aromatic nitrogens is 4. The van der Waals surface area contributed by atoms with E-state index in [0.717, 1.165) is 47.5 Å². The lowest BCUT2D eigenvalue weighted by Gasteiger charge is -2.36. The van der Waals surface area contributed by atoms with E-state index in [9.17, 15) is 13.2 Å². The number of primary sulfonamides is 1. The highest BCUT2D eigenvalue weighted by Gasteiger charge is 2.25. The summed E-state index contributed by atoms with van der Waals surface area (Å²) < 4.78 is 26.9. The van der Waals surface area contributed by atoms with E-state index < -0.39 is 10.0 Å². The monoisotopic (exact) mass is 556 g/mol. The van der Waals surface area contributed by atoms with Crippen molar-refractivity contribution in [1.29, 1.82) is 0 Å². The molecule has 40 heavy (non-hydrogen) atoms. The van der Waals surface area contributed by atoms with Crippen molar-refractivity contribution in [2.24, 2.45) is 10.6 Å². The van der Waals surface area contributed by atoms with Crippen LogP contribution >= 0.6 is 0 Å². The molecule has 5 heterocycles. The van der Waals surface area contributed by atoms with E-state index in [2.05, 4.69) is 36.0 Å². The van der Waals surface area contributed by atoms with Crippen LogP contribution in [0.3, 0.4) is 0 Å². The quantitative estimate of drug-likeness (QED) is 0.338. The highest BCUT2D eigenvalue weighted by molar-refractivity contribution is 7.89. The molecule has 1 fully saturated rings. The average molecular weight is 557 g/mol. The molecule has 206 valence electrons. The molecule has 1 aromatic carbocycles. The van der Waals surface area contributed by atoms with Crippen LogP contribution in [0.25, 0.3) is 27.5 Å². The van der Waals surface area contributed by atoms with Crippen molar-refractivity contribution < 1.29 is 8.42 Å². The summed E-state index contributed by atoms with van der Waals surface area (Å²) in [6.07, 6.45) is 11.5.